The summed E-state index contributed by atoms with van der Waals surface area (Å²) < 4.78 is 8.99. The number of ether oxygens (including phenoxy) is 1. The van der Waals surface area contributed by atoms with E-state index in [1.165, 1.54) is 11.5 Å². The number of nitriles is 1. The third kappa shape index (κ3) is 2.71. The first kappa shape index (κ1) is 11.4. The van der Waals surface area contributed by atoms with Gasteiger partial charge in [-0.05, 0) is 23.7 Å². The second kappa shape index (κ2) is 5.27. The van der Waals surface area contributed by atoms with E-state index in [-0.39, 0.29) is 0 Å². The van der Waals surface area contributed by atoms with Crippen LogP contribution < -0.4 is 10.1 Å². The molecule has 1 aromatic carbocycles. The van der Waals surface area contributed by atoms with Gasteiger partial charge in [0.1, 0.15) is 5.75 Å². The van der Waals surface area contributed by atoms with Crippen molar-refractivity contribution < 1.29 is 4.74 Å². The highest BCUT2D eigenvalue weighted by atomic mass is 32.1. The van der Waals surface area contributed by atoms with Crippen LogP contribution in [0.2, 0.25) is 0 Å². The number of nitrogens with zero attached hydrogens (tertiary/aromatic N) is 3. The van der Waals surface area contributed by atoms with E-state index in [2.05, 4.69) is 21.0 Å². The standard InChI is InChI=1S/C11H10N4OS/c1-16-11-4-8(5-12)2-3-10(11)13-6-9-7-17-15-14-9/h2-4,7,13H,6H2,1H3. The van der Waals surface area contributed by atoms with Crippen LogP contribution in [-0.4, -0.2) is 16.7 Å². The van der Waals surface area contributed by atoms with Gasteiger partial charge in [-0.2, -0.15) is 5.26 Å². The Morgan fingerprint density at radius 2 is 2.41 bits per heavy atom. The number of nitrogens with one attached hydrogen (secondary N) is 1. The number of anilines is 1. The summed E-state index contributed by atoms with van der Waals surface area (Å²) in [6.07, 6.45) is 0. The molecule has 0 radical (unpaired) electrons. The van der Waals surface area contributed by atoms with Crippen LogP contribution in [0.5, 0.6) is 5.75 Å². The molecule has 1 N–H and O–H groups in total. The minimum absolute atomic E-state index is 0.572. The zero-order chi connectivity index (χ0) is 12.1. The molecular weight excluding hydrogens is 236 g/mol. The Morgan fingerprint density at radius 3 is 3.06 bits per heavy atom. The van der Waals surface area contributed by atoms with Gasteiger partial charge in [-0.3, -0.25) is 0 Å². The first-order valence-electron chi connectivity index (χ1n) is 4.91. The van der Waals surface area contributed by atoms with Crippen LogP contribution in [0.4, 0.5) is 5.69 Å². The lowest BCUT2D eigenvalue weighted by Gasteiger charge is -2.09. The van der Waals surface area contributed by atoms with E-state index in [0.29, 0.717) is 17.9 Å². The van der Waals surface area contributed by atoms with Crippen molar-refractivity contribution in [1.82, 2.24) is 9.59 Å². The highest BCUT2D eigenvalue weighted by molar-refractivity contribution is 7.03. The lowest BCUT2D eigenvalue weighted by Crippen LogP contribution is -2.02. The lowest BCUT2D eigenvalue weighted by molar-refractivity contribution is 0.416. The first-order chi connectivity index (χ1) is 8.33. The van der Waals surface area contributed by atoms with Crippen molar-refractivity contribution in [1.29, 1.82) is 5.26 Å². The summed E-state index contributed by atoms with van der Waals surface area (Å²) in [5.41, 5.74) is 2.28. The maximum Gasteiger partial charge on any atom is 0.143 e. The van der Waals surface area contributed by atoms with Crippen LogP contribution in [0.15, 0.2) is 23.6 Å². The largest absolute Gasteiger partial charge is 0.495 e. The van der Waals surface area contributed by atoms with E-state index in [9.17, 15) is 0 Å². The molecule has 0 saturated carbocycles. The van der Waals surface area contributed by atoms with Crippen molar-refractivity contribution in [2.45, 2.75) is 6.54 Å². The smallest absolute Gasteiger partial charge is 0.143 e. The summed E-state index contributed by atoms with van der Waals surface area (Å²) in [6.45, 7) is 0.582. The Hall–Kier alpha value is -2.13. The van der Waals surface area contributed by atoms with Crippen LogP contribution in [0.3, 0.4) is 0 Å². The van der Waals surface area contributed by atoms with E-state index in [4.69, 9.17) is 10.00 Å². The Kier molecular flexibility index (Phi) is 3.52. The highest BCUT2D eigenvalue weighted by Crippen LogP contribution is 2.25. The minimum Gasteiger partial charge on any atom is -0.495 e. The van der Waals surface area contributed by atoms with Gasteiger partial charge in [0.05, 0.1) is 36.7 Å². The number of methoxy groups -OCH3 is 1. The molecule has 0 aliphatic heterocycles. The molecule has 0 fully saturated rings. The molecule has 2 rings (SSSR count). The quantitative estimate of drug-likeness (QED) is 0.893. The molecule has 0 aliphatic rings. The van der Waals surface area contributed by atoms with E-state index >= 15 is 0 Å². The fraction of sp³-hybridized carbons (Fsp3) is 0.182. The average molecular weight is 246 g/mol. The van der Waals surface area contributed by atoms with Gasteiger partial charge >= 0.3 is 0 Å². The molecule has 0 unspecified atom stereocenters. The second-order valence-corrected chi connectivity index (χ2v) is 3.89. The summed E-state index contributed by atoms with van der Waals surface area (Å²) in [4.78, 5) is 0. The normalized spacial score (nSPS) is 9.65. The van der Waals surface area contributed by atoms with Gasteiger partial charge in [0, 0.05) is 11.4 Å². The fourth-order valence-corrected chi connectivity index (χ4v) is 1.80. The Balaban J connectivity index is 2.13. The van der Waals surface area contributed by atoms with Crippen molar-refractivity contribution in [3.8, 4) is 11.8 Å². The number of benzene rings is 1. The second-order valence-electron chi connectivity index (χ2n) is 3.28. The Labute approximate surface area is 103 Å². The van der Waals surface area contributed by atoms with E-state index in [1.54, 1.807) is 19.2 Å². The van der Waals surface area contributed by atoms with Crippen molar-refractivity contribution in [2.24, 2.45) is 0 Å². The molecule has 6 heteroatoms. The van der Waals surface area contributed by atoms with Crippen molar-refractivity contribution >= 4 is 17.2 Å². The molecule has 2 aromatic rings. The third-order valence-electron chi connectivity index (χ3n) is 2.20. The molecule has 0 saturated heterocycles. The van der Waals surface area contributed by atoms with Crippen molar-refractivity contribution in [3.63, 3.8) is 0 Å². The number of aromatic nitrogens is 2. The molecule has 1 heterocycles. The molecule has 5 nitrogen and oxygen atoms in total. The first-order valence-corrected chi connectivity index (χ1v) is 5.75. The zero-order valence-corrected chi connectivity index (χ0v) is 9.99. The topological polar surface area (TPSA) is 70.8 Å². The van der Waals surface area contributed by atoms with Crippen LogP contribution in [0, 0.1) is 11.3 Å². The van der Waals surface area contributed by atoms with Gasteiger partial charge in [-0.15, -0.1) is 5.10 Å². The molecule has 17 heavy (non-hydrogen) atoms. The predicted octanol–water partition coefficient (Wildman–Crippen LogP) is 2.03. The number of hydrogen-bond acceptors (Lipinski definition) is 6. The third-order valence-corrected chi connectivity index (χ3v) is 2.75. The summed E-state index contributed by atoms with van der Waals surface area (Å²) in [7, 11) is 1.58. The van der Waals surface area contributed by atoms with Gasteiger partial charge in [-0.1, -0.05) is 4.49 Å². The van der Waals surface area contributed by atoms with Crippen molar-refractivity contribution in [3.05, 3.63) is 34.8 Å². The molecule has 1 aromatic heterocycles. The SMILES string of the molecule is COc1cc(C#N)ccc1NCc1csnn1. The maximum atomic E-state index is 8.79. The van der Waals surface area contributed by atoms with Gasteiger partial charge < -0.3 is 10.1 Å². The monoisotopic (exact) mass is 246 g/mol. The van der Waals surface area contributed by atoms with Crippen molar-refractivity contribution in [2.75, 3.05) is 12.4 Å². The molecular formula is C11H10N4OS. The Morgan fingerprint density at radius 1 is 1.53 bits per heavy atom. The van der Waals surface area contributed by atoms with E-state index in [0.717, 1.165) is 11.4 Å². The minimum atomic E-state index is 0.572. The van der Waals surface area contributed by atoms with Gasteiger partial charge in [0.15, 0.2) is 0 Å². The van der Waals surface area contributed by atoms with Crippen LogP contribution in [0.25, 0.3) is 0 Å². The van der Waals surface area contributed by atoms with Gasteiger partial charge in [0.2, 0.25) is 0 Å². The van der Waals surface area contributed by atoms with Crippen LogP contribution >= 0.6 is 11.5 Å². The Bertz CT molecular complexity index is 533. The fourth-order valence-electron chi connectivity index (χ4n) is 1.35. The molecule has 86 valence electrons. The predicted molar refractivity (Wildman–Crippen MR) is 64.9 cm³/mol. The molecule has 0 aliphatic carbocycles. The summed E-state index contributed by atoms with van der Waals surface area (Å²) in [6, 6.07) is 7.32. The maximum absolute atomic E-state index is 8.79. The van der Waals surface area contributed by atoms with E-state index in [1.807, 2.05) is 11.4 Å². The highest BCUT2D eigenvalue weighted by Gasteiger charge is 2.04. The van der Waals surface area contributed by atoms with Gasteiger partial charge in [-0.25, -0.2) is 0 Å². The zero-order valence-electron chi connectivity index (χ0n) is 9.17. The lowest BCUT2D eigenvalue weighted by atomic mass is 10.2. The van der Waals surface area contributed by atoms with Gasteiger partial charge in [0.25, 0.3) is 0 Å². The van der Waals surface area contributed by atoms with Crippen LogP contribution in [0.1, 0.15) is 11.3 Å². The average Bonchev–Trinajstić information content (AvgIpc) is 2.89. The summed E-state index contributed by atoms with van der Waals surface area (Å²) in [5.74, 6) is 0.646. The number of rotatable bonds is 4. The number of hydrogen-bond donors (Lipinski definition) is 1. The molecule has 0 amide bonds. The van der Waals surface area contributed by atoms with E-state index < -0.39 is 0 Å². The molecule has 0 spiro atoms. The summed E-state index contributed by atoms with van der Waals surface area (Å²) >= 11 is 1.32. The molecule has 0 atom stereocenters. The molecule has 0 bridgehead atoms. The summed E-state index contributed by atoms with van der Waals surface area (Å²) in [5, 5.41) is 17.8. The van der Waals surface area contributed by atoms with Crippen LogP contribution in [-0.2, 0) is 6.54 Å².